The van der Waals surface area contributed by atoms with Gasteiger partial charge in [-0.2, -0.15) is 0 Å². The summed E-state index contributed by atoms with van der Waals surface area (Å²) in [6, 6.07) is 13.8. The summed E-state index contributed by atoms with van der Waals surface area (Å²) in [6.07, 6.45) is 0. The molecule has 2 heterocycles. The summed E-state index contributed by atoms with van der Waals surface area (Å²) in [5, 5.41) is 1.02. The van der Waals surface area contributed by atoms with E-state index in [4.69, 9.17) is 4.74 Å². The number of carbonyl (C=O) groups excluding carboxylic acids is 1. The number of aryl methyl sites for hydroxylation is 1. The number of anilines is 1. The SMILES string of the molecule is COc1c(Br)ccc2c1C(=O)N(c1cccc3ccc(C)nc13)C2. The van der Waals surface area contributed by atoms with Crippen LogP contribution in [0.1, 0.15) is 21.6 Å². The lowest BCUT2D eigenvalue weighted by Crippen LogP contribution is -2.23. The highest BCUT2D eigenvalue weighted by Crippen LogP contribution is 2.39. The monoisotopic (exact) mass is 382 g/mol. The third kappa shape index (κ3) is 2.19. The molecule has 0 saturated carbocycles. The molecule has 0 fully saturated rings. The van der Waals surface area contributed by atoms with Crippen molar-refractivity contribution in [3.63, 3.8) is 0 Å². The first-order valence-corrected chi connectivity index (χ1v) is 8.43. The van der Waals surface area contributed by atoms with Gasteiger partial charge in [0.05, 0.1) is 34.9 Å². The quantitative estimate of drug-likeness (QED) is 0.656. The fourth-order valence-corrected chi connectivity index (χ4v) is 3.67. The number of pyridine rings is 1. The summed E-state index contributed by atoms with van der Waals surface area (Å²) in [5.74, 6) is 0.531. The van der Waals surface area contributed by atoms with Crippen molar-refractivity contribution >= 4 is 38.4 Å². The van der Waals surface area contributed by atoms with Crippen LogP contribution in [-0.2, 0) is 6.54 Å². The van der Waals surface area contributed by atoms with E-state index in [0.717, 1.165) is 32.3 Å². The van der Waals surface area contributed by atoms with Crippen LogP contribution in [0, 0.1) is 6.92 Å². The first-order valence-electron chi connectivity index (χ1n) is 7.64. The molecule has 0 atom stereocenters. The van der Waals surface area contributed by atoms with E-state index in [9.17, 15) is 4.79 Å². The second-order valence-electron chi connectivity index (χ2n) is 5.81. The molecule has 1 aliphatic heterocycles. The van der Waals surface area contributed by atoms with E-state index in [1.54, 1.807) is 12.0 Å². The molecule has 0 saturated heterocycles. The van der Waals surface area contributed by atoms with Crippen LogP contribution < -0.4 is 9.64 Å². The largest absolute Gasteiger partial charge is 0.495 e. The molecule has 4 rings (SSSR count). The minimum absolute atomic E-state index is 0.0565. The van der Waals surface area contributed by atoms with Crippen molar-refractivity contribution in [1.82, 2.24) is 4.98 Å². The predicted molar refractivity (Wildman–Crippen MR) is 97.7 cm³/mol. The van der Waals surface area contributed by atoms with Crippen molar-refractivity contribution in [3.8, 4) is 5.75 Å². The summed E-state index contributed by atoms with van der Waals surface area (Å²) >= 11 is 3.45. The van der Waals surface area contributed by atoms with Gasteiger partial charge in [-0.3, -0.25) is 9.78 Å². The molecule has 4 nitrogen and oxygen atoms in total. The van der Waals surface area contributed by atoms with E-state index >= 15 is 0 Å². The highest BCUT2D eigenvalue weighted by Gasteiger charge is 2.33. The van der Waals surface area contributed by atoms with Gasteiger partial charge < -0.3 is 9.64 Å². The zero-order valence-corrected chi connectivity index (χ0v) is 14.9. The van der Waals surface area contributed by atoms with Crippen molar-refractivity contribution in [1.29, 1.82) is 0 Å². The number of rotatable bonds is 2. The summed E-state index contributed by atoms with van der Waals surface area (Å²) in [5.41, 5.74) is 4.19. The maximum Gasteiger partial charge on any atom is 0.262 e. The molecule has 0 bridgehead atoms. The van der Waals surface area contributed by atoms with Gasteiger partial charge in [0.15, 0.2) is 0 Å². The van der Waals surface area contributed by atoms with Gasteiger partial charge in [0, 0.05) is 11.1 Å². The number of aromatic nitrogens is 1. The van der Waals surface area contributed by atoms with E-state index in [1.807, 2.05) is 49.4 Å². The Hall–Kier alpha value is -2.40. The summed E-state index contributed by atoms with van der Waals surface area (Å²) in [6.45, 7) is 2.48. The average molecular weight is 383 g/mol. The Bertz CT molecular complexity index is 985. The van der Waals surface area contributed by atoms with E-state index in [1.165, 1.54) is 0 Å². The van der Waals surface area contributed by atoms with Crippen LogP contribution in [0.4, 0.5) is 5.69 Å². The van der Waals surface area contributed by atoms with Crippen molar-refractivity contribution < 1.29 is 9.53 Å². The van der Waals surface area contributed by atoms with Crippen LogP contribution in [0.15, 0.2) is 46.9 Å². The Balaban J connectivity index is 1.89. The molecular weight excluding hydrogens is 368 g/mol. The molecule has 24 heavy (non-hydrogen) atoms. The van der Waals surface area contributed by atoms with Crippen LogP contribution in [0.2, 0.25) is 0 Å². The molecule has 2 aromatic carbocycles. The molecule has 1 amide bonds. The number of benzene rings is 2. The molecule has 0 unspecified atom stereocenters. The second-order valence-corrected chi connectivity index (χ2v) is 6.66. The maximum atomic E-state index is 13.1. The number of ether oxygens (including phenoxy) is 1. The Morgan fingerprint density at radius 2 is 2.00 bits per heavy atom. The highest BCUT2D eigenvalue weighted by atomic mass is 79.9. The zero-order chi connectivity index (χ0) is 16.8. The number of carbonyl (C=O) groups is 1. The minimum atomic E-state index is -0.0565. The standard InChI is InChI=1S/C19H15BrN2O2/c1-11-6-7-12-4-3-5-15(17(12)21-11)22-10-13-8-9-14(20)18(24-2)16(13)19(22)23/h3-9H,10H2,1-2H3. The summed E-state index contributed by atoms with van der Waals surface area (Å²) < 4.78 is 6.22. The number of hydrogen-bond acceptors (Lipinski definition) is 3. The number of nitrogens with zero attached hydrogens (tertiary/aromatic N) is 2. The van der Waals surface area contributed by atoms with Crippen molar-refractivity contribution in [2.24, 2.45) is 0 Å². The first kappa shape index (κ1) is 15.1. The van der Waals surface area contributed by atoms with Gasteiger partial charge in [0.25, 0.3) is 5.91 Å². The first-order chi connectivity index (χ1) is 11.6. The molecule has 0 aliphatic carbocycles. The third-order valence-electron chi connectivity index (χ3n) is 4.32. The Labute approximate surface area is 148 Å². The lowest BCUT2D eigenvalue weighted by Gasteiger charge is -2.18. The van der Waals surface area contributed by atoms with Gasteiger partial charge in [0.1, 0.15) is 5.75 Å². The lowest BCUT2D eigenvalue weighted by atomic mass is 10.1. The van der Waals surface area contributed by atoms with Gasteiger partial charge in [0.2, 0.25) is 0 Å². The number of amides is 1. The van der Waals surface area contributed by atoms with Crippen LogP contribution in [0.3, 0.4) is 0 Å². The van der Waals surface area contributed by atoms with Gasteiger partial charge in [-0.25, -0.2) is 0 Å². The van der Waals surface area contributed by atoms with Crippen LogP contribution >= 0.6 is 15.9 Å². The van der Waals surface area contributed by atoms with E-state index < -0.39 is 0 Å². The minimum Gasteiger partial charge on any atom is -0.495 e. The fourth-order valence-electron chi connectivity index (χ4n) is 3.18. The van der Waals surface area contributed by atoms with Gasteiger partial charge >= 0.3 is 0 Å². The molecule has 120 valence electrons. The van der Waals surface area contributed by atoms with Crippen molar-refractivity contribution in [2.75, 3.05) is 12.0 Å². The molecule has 0 spiro atoms. The van der Waals surface area contributed by atoms with Gasteiger partial charge in [-0.05, 0) is 46.6 Å². The topological polar surface area (TPSA) is 42.4 Å². The van der Waals surface area contributed by atoms with E-state index in [2.05, 4.69) is 20.9 Å². The summed E-state index contributed by atoms with van der Waals surface area (Å²) in [7, 11) is 1.58. The number of fused-ring (bicyclic) bond motifs is 2. The number of methoxy groups -OCH3 is 1. The third-order valence-corrected chi connectivity index (χ3v) is 4.94. The molecular formula is C19H15BrN2O2. The molecule has 3 aromatic rings. The molecule has 1 aromatic heterocycles. The normalized spacial score (nSPS) is 13.5. The van der Waals surface area contributed by atoms with Gasteiger partial charge in [-0.15, -0.1) is 0 Å². The van der Waals surface area contributed by atoms with E-state index in [-0.39, 0.29) is 5.91 Å². The molecule has 1 aliphatic rings. The zero-order valence-electron chi connectivity index (χ0n) is 13.3. The van der Waals surface area contributed by atoms with Crippen LogP contribution in [0.5, 0.6) is 5.75 Å². The summed E-state index contributed by atoms with van der Waals surface area (Å²) in [4.78, 5) is 19.5. The lowest BCUT2D eigenvalue weighted by molar-refractivity contribution is 0.0994. The Morgan fingerprint density at radius 3 is 2.79 bits per heavy atom. The van der Waals surface area contributed by atoms with Crippen LogP contribution in [-0.4, -0.2) is 18.0 Å². The smallest absolute Gasteiger partial charge is 0.262 e. The molecule has 0 radical (unpaired) electrons. The molecule has 5 heteroatoms. The number of hydrogen-bond donors (Lipinski definition) is 0. The maximum absolute atomic E-state index is 13.1. The van der Waals surface area contributed by atoms with Gasteiger partial charge in [-0.1, -0.05) is 24.3 Å². The Kier molecular flexibility index (Phi) is 3.53. The predicted octanol–water partition coefficient (Wildman–Crippen LogP) is 4.47. The van der Waals surface area contributed by atoms with Crippen molar-refractivity contribution in [3.05, 3.63) is 63.8 Å². The fraction of sp³-hybridized carbons (Fsp3) is 0.158. The average Bonchev–Trinajstić information content (AvgIpc) is 2.91. The second kappa shape index (κ2) is 5.60. The molecule has 0 N–H and O–H groups in total. The van der Waals surface area contributed by atoms with Crippen molar-refractivity contribution in [2.45, 2.75) is 13.5 Å². The Morgan fingerprint density at radius 1 is 1.17 bits per heavy atom. The van der Waals surface area contributed by atoms with E-state index in [0.29, 0.717) is 17.9 Å². The highest BCUT2D eigenvalue weighted by molar-refractivity contribution is 9.10. The number of para-hydroxylation sites is 1. The van der Waals surface area contributed by atoms with Crippen LogP contribution in [0.25, 0.3) is 10.9 Å². The number of halogens is 1.